The number of allylic oxidation sites excluding steroid dienone is 16. The Kier molecular flexibility index (Phi) is 45.6. The molecule has 4 N–H and O–H groups in total. The van der Waals surface area contributed by atoms with Crippen LogP contribution in [0.2, 0.25) is 0 Å². The number of aliphatic hydroxyl groups excluding tert-OH is 4. The average molecular weight is 953 g/mol. The molecule has 0 amide bonds. The molecule has 0 saturated carbocycles. The lowest BCUT2D eigenvalue weighted by Gasteiger charge is -2.39. The monoisotopic (exact) mass is 953 g/mol. The normalized spacial score (nSPS) is 19.9. The first-order valence-corrected chi connectivity index (χ1v) is 27.3. The van der Waals surface area contributed by atoms with Gasteiger partial charge < -0.3 is 39.4 Å². The van der Waals surface area contributed by atoms with Crippen molar-refractivity contribution in [3.63, 3.8) is 0 Å². The first-order chi connectivity index (χ1) is 33.4. The molecule has 1 rings (SSSR count). The van der Waals surface area contributed by atoms with E-state index in [0.717, 1.165) is 77.0 Å². The molecule has 68 heavy (non-hydrogen) atoms. The second-order valence-corrected chi connectivity index (χ2v) is 18.3. The van der Waals surface area contributed by atoms with Crippen molar-refractivity contribution < 1.29 is 44.2 Å². The van der Waals surface area contributed by atoms with E-state index in [1.54, 1.807) is 0 Å². The topological polar surface area (TPSA) is 135 Å². The molecule has 0 bridgehead atoms. The number of hydrogen-bond donors (Lipinski definition) is 4. The van der Waals surface area contributed by atoms with Crippen molar-refractivity contribution in [2.24, 2.45) is 0 Å². The van der Waals surface area contributed by atoms with Gasteiger partial charge in [-0.15, -0.1) is 0 Å². The van der Waals surface area contributed by atoms with Crippen LogP contribution in [0, 0.1) is 0 Å². The van der Waals surface area contributed by atoms with Gasteiger partial charge >= 0.3 is 5.97 Å². The summed E-state index contributed by atoms with van der Waals surface area (Å²) >= 11 is 0. The highest BCUT2D eigenvalue weighted by Crippen LogP contribution is 2.23. The fourth-order valence-corrected chi connectivity index (χ4v) is 7.77. The molecule has 1 aliphatic heterocycles. The van der Waals surface area contributed by atoms with Gasteiger partial charge in [-0.3, -0.25) is 4.79 Å². The number of esters is 1. The molecule has 0 aromatic heterocycles. The number of aliphatic hydroxyl groups is 4. The van der Waals surface area contributed by atoms with E-state index >= 15 is 0 Å². The molecule has 9 nitrogen and oxygen atoms in total. The molecule has 6 unspecified atom stereocenters. The Morgan fingerprint density at radius 3 is 1.35 bits per heavy atom. The fourth-order valence-electron chi connectivity index (χ4n) is 7.77. The van der Waals surface area contributed by atoms with Crippen molar-refractivity contribution in [2.75, 3.05) is 26.4 Å². The number of carbonyl (C=O) groups excluding carboxylic acids is 1. The lowest BCUT2D eigenvalue weighted by atomic mass is 9.99. The predicted octanol–water partition coefficient (Wildman–Crippen LogP) is 13.9. The summed E-state index contributed by atoms with van der Waals surface area (Å²) in [4.78, 5) is 12.9. The molecular formula is C59H100O9. The summed E-state index contributed by atoms with van der Waals surface area (Å²) in [5, 5.41) is 40.3. The molecule has 0 aromatic carbocycles. The molecule has 0 aromatic rings. The van der Waals surface area contributed by atoms with Crippen LogP contribution < -0.4 is 0 Å². The third-order valence-electron chi connectivity index (χ3n) is 12.0. The molecule has 9 heteroatoms. The zero-order valence-corrected chi connectivity index (χ0v) is 43.1. The molecule has 0 radical (unpaired) electrons. The van der Waals surface area contributed by atoms with E-state index in [0.29, 0.717) is 13.0 Å². The molecule has 0 spiro atoms. The first kappa shape index (κ1) is 63.1. The zero-order chi connectivity index (χ0) is 49.2. The molecule has 1 heterocycles. The highest BCUT2D eigenvalue weighted by molar-refractivity contribution is 5.69. The summed E-state index contributed by atoms with van der Waals surface area (Å²) < 4.78 is 22.8. The van der Waals surface area contributed by atoms with Crippen molar-refractivity contribution in [1.82, 2.24) is 0 Å². The smallest absolute Gasteiger partial charge is 0.306 e. The third kappa shape index (κ3) is 38.9. The summed E-state index contributed by atoms with van der Waals surface area (Å²) in [7, 11) is 0. The Morgan fingerprint density at radius 2 is 0.897 bits per heavy atom. The van der Waals surface area contributed by atoms with Gasteiger partial charge in [0.2, 0.25) is 0 Å². The van der Waals surface area contributed by atoms with Gasteiger partial charge in [0.1, 0.15) is 30.5 Å². The average Bonchev–Trinajstić information content (AvgIpc) is 3.34. The maximum Gasteiger partial charge on any atom is 0.306 e. The van der Waals surface area contributed by atoms with Crippen molar-refractivity contribution in [3.8, 4) is 0 Å². The Hall–Kier alpha value is -2.89. The standard InChI is InChI=1S/C59H100O9/c1-3-5-7-9-11-13-15-17-19-21-23-25-26-27-28-29-30-32-34-36-38-40-42-44-46-48-55(61)67-53(52-66-59-58(64)57(63)56(62)54(50-60)68-59)51-65-49-47-45-43-41-39-37-35-33-31-24-22-20-18-16-14-12-10-8-6-4-2/h6,8,12,14-15,17-18,20-21,23-24,31,35,37,41,43,53-54,56-60,62-64H,3-5,7,9-11,13,16,19,22,25-30,32-34,36,38-40,42,44-52H2,1-2H3/b8-6-,14-12-,17-15-,20-18-,23-21-,31-24-,37-35-,43-41-. The summed E-state index contributed by atoms with van der Waals surface area (Å²) in [6.45, 7) is 4.29. The second-order valence-electron chi connectivity index (χ2n) is 18.3. The van der Waals surface area contributed by atoms with E-state index in [1.165, 1.54) is 109 Å². The van der Waals surface area contributed by atoms with Crippen LogP contribution in [0.4, 0.5) is 0 Å². The Bertz CT molecular complexity index is 1360. The zero-order valence-electron chi connectivity index (χ0n) is 43.1. The number of ether oxygens (including phenoxy) is 4. The van der Waals surface area contributed by atoms with Gasteiger partial charge in [0, 0.05) is 13.0 Å². The summed E-state index contributed by atoms with van der Waals surface area (Å²) in [5.41, 5.74) is 0. The van der Waals surface area contributed by atoms with E-state index in [1.807, 2.05) is 0 Å². The Morgan fingerprint density at radius 1 is 0.485 bits per heavy atom. The molecule has 6 atom stereocenters. The predicted molar refractivity (Wildman–Crippen MR) is 283 cm³/mol. The second kappa shape index (κ2) is 49.1. The minimum Gasteiger partial charge on any atom is -0.457 e. The SMILES string of the molecule is CC/C=C\C/C=C\C/C=C\C/C=C\C/C=C\C/C=C\CCCOCC(COC1OC(CO)C(O)C(O)C1O)OC(=O)CCCCCCCCCCCCCCC/C=C\C/C=C\CCCCCCC. The van der Waals surface area contributed by atoms with Crippen LogP contribution in [-0.4, -0.2) is 89.6 Å². The Balaban J connectivity index is 2.22. The van der Waals surface area contributed by atoms with Crippen molar-refractivity contribution >= 4 is 5.97 Å². The molecule has 0 aliphatic carbocycles. The van der Waals surface area contributed by atoms with E-state index in [4.69, 9.17) is 18.9 Å². The lowest BCUT2D eigenvalue weighted by Crippen LogP contribution is -2.59. The van der Waals surface area contributed by atoms with Crippen LogP contribution in [0.15, 0.2) is 97.2 Å². The van der Waals surface area contributed by atoms with Gasteiger partial charge in [0.15, 0.2) is 6.29 Å². The van der Waals surface area contributed by atoms with Gasteiger partial charge in [-0.2, -0.15) is 0 Å². The molecule has 1 saturated heterocycles. The fraction of sp³-hybridized carbons (Fsp3) is 0.712. The van der Waals surface area contributed by atoms with Gasteiger partial charge in [-0.25, -0.2) is 0 Å². The van der Waals surface area contributed by atoms with Crippen LogP contribution in [0.3, 0.4) is 0 Å². The van der Waals surface area contributed by atoms with Crippen molar-refractivity contribution in [2.45, 2.75) is 243 Å². The Labute approximate surface area is 415 Å². The highest BCUT2D eigenvalue weighted by Gasteiger charge is 2.44. The quantitative estimate of drug-likeness (QED) is 0.0267. The van der Waals surface area contributed by atoms with Gasteiger partial charge in [-0.1, -0.05) is 207 Å². The van der Waals surface area contributed by atoms with Crippen LogP contribution in [0.5, 0.6) is 0 Å². The minimum absolute atomic E-state index is 0.0994. The van der Waals surface area contributed by atoms with Crippen molar-refractivity contribution in [1.29, 1.82) is 0 Å². The first-order valence-electron chi connectivity index (χ1n) is 27.3. The van der Waals surface area contributed by atoms with E-state index in [-0.39, 0.29) is 19.2 Å². The molecule has 1 aliphatic rings. The van der Waals surface area contributed by atoms with E-state index in [9.17, 15) is 25.2 Å². The van der Waals surface area contributed by atoms with Crippen molar-refractivity contribution in [3.05, 3.63) is 97.2 Å². The van der Waals surface area contributed by atoms with Crippen LogP contribution in [0.1, 0.15) is 206 Å². The summed E-state index contributed by atoms with van der Waals surface area (Å²) in [6.07, 6.45) is 61.7. The van der Waals surface area contributed by atoms with Gasteiger partial charge in [-0.05, 0) is 89.9 Å². The largest absolute Gasteiger partial charge is 0.457 e. The summed E-state index contributed by atoms with van der Waals surface area (Å²) in [6, 6.07) is 0. The minimum atomic E-state index is -1.55. The number of hydrogen-bond acceptors (Lipinski definition) is 9. The number of carbonyl (C=O) groups is 1. The van der Waals surface area contributed by atoms with Gasteiger partial charge in [0.05, 0.1) is 19.8 Å². The van der Waals surface area contributed by atoms with E-state index < -0.39 is 43.4 Å². The maximum atomic E-state index is 12.9. The van der Waals surface area contributed by atoms with Crippen LogP contribution >= 0.6 is 0 Å². The van der Waals surface area contributed by atoms with Crippen LogP contribution in [-0.2, 0) is 23.7 Å². The number of rotatable bonds is 46. The number of unbranched alkanes of at least 4 members (excludes halogenated alkanes) is 19. The van der Waals surface area contributed by atoms with Gasteiger partial charge in [0.25, 0.3) is 0 Å². The highest BCUT2D eigenvalue weighted by atomic mass is 16.7. The maximum absolute atomic E-state index is 12.9. The third-order valence-corrected chi connectivity index (χ3v) is 12.0. The molecule has 390 valence electrons. The lowest BCUT2D eigenvalue weighted by molar-refractivity contribution is -0.305. The molecule has 1 fully saturated rings. The van der Waals surface area contributed by atoms with E-state index in [2.05, 4.69) is 111 Å². The summed E-state index contributed by atoms with van der Waals surface area (Å²) in [5.74, 6) is -0.336. The van der Waals surface area contributed by atoms with Crippen LogP contribution in [0.25, 0.3) is 0 Å². The molecular weight excluding hydrogens is 853 g/mol.